The molecule has 0 bridgehead atoms. The number of nitro groups is 1. The quantitative estimate of drug-likeness (QED) is 0.139. The van der Waals surface area contributed by atoms with Gasteiger partial charge in [-0.2, -0.15) is 0 Å². The Bertz CT molecular complexity index is 1700. The molecule has 7 heteroatoms. The number of aryl methyl sites for hydroxylation is 1. The monoisotopic (exact) mass is 541 g/mol. The summed E-state index contributed by atoms with van der Waals surface area (Å²) in [5, 5.41) is 13.8. The van der Waals surface area contributed by atoms with E-state index in [9.17, 15) is 19.7 Å². The van der Waals surface area contributed by atoms with Crippen LogP contribution in [-0.4, -0.2) is 22.3 Å². The van der Waals surface area contributed by atoms with E-state index in [-0.39, 0.29) is 23.8 Å². The van der Waals surface area contributed by atoms with Crippen LogP contribution in [0.15, 0.2) is 120 Å². The van der Waals surface area contributed by atoms with Gasteiger partial charge in [0.25, 0.3) is 5.69 Å². The highest BCUT2D eigenvalue weighted by molar-refractivity contribution is 6.14. The summed E-state index contributed by atoms with van der Waals surface area (Å²) in [6.07, 6.45) is 6.52. The van der Waals surface area contributed by atoms with Crippen molar-refractivity contribution < 1.29 is 14.5 Å². The van der Waals surface area contributed by atoms with E-state index in [1.54, 1.807) is 48.5 Å². The number of rotatable bonds is 9. The molecular weight excluding hydrogens is 514 g/mol. The number of aliphatic imine (C=N–C) groups is 1. The summed E-state index contributed by atoms with van der Waals surface area (Å²) in [5.74, 6) is -0.395. The lowest BCUT2D eigenvalue weighted by atomic mass is 9.98. The molecule has 0 aromatic heterocycles. The number of anilines is 1. The van der Waals surface area contributed by atoms with Crippen molar-refractivity contribution in [1.82, 2.24) is 0 Å². The molecule has 0 saturated heterocycles. The topological polar surface area (TPSA) is 102 Å². The first-order valence-corrected chi connectivity index (χ1v) is 13.2. The molecule has 0 aliphatic carbocycles. The zero-order chi connectivity index (χ0) is 28.8. The van der Waals surface area contributed by atoms with Gasteiger partial charge in [-0.25, -0.2) is 0 Å². The van der Waals surface area contributed by atoms with Crippen LogP contribution in [0.5, 0.6) is 0 Å². The number of hydrogen-bond acceptors (Lipinski definition) is 5. The number of hydrogen-bond donors (Lipinski definition) is 1. The van der Waals surface area contributed by atoms with Gasteiger partial charge in [-0.15, -0.1) is 0 Å². The highest BCUT2D eigenvalue weighted by Crippen LogP contribution is 2.25. The summed E-state index contributed by atoms with van der Waals surface area (Å²) in [6.45, 7) is 1.99. The zero-order valence-electron chi connectivity index (χ0n) is 22.4. The van der Waals surface area contributed by atoms with Gasteiger partial charge >= 0.3 is 0 Å². The van der Waals surface area contributed by atoms with Crippen LogP contribution in [0.1, 0.15) is 44.6 Å². The van der Waals surface area contributed by atoms with E-state index >= 15 is 0 Å². The Kier molecular flexibility index (Phi) is 8.06. The van der Waals surface area contributed by atoms with Crippen molar-refractivity contribution >= 4 is 34.9 Å². The molecule has 0 saturated carbocycles. The van der Waals surface area contributed by atoms with Crippen LogP contribution in [0.25, 0.3) is 6.08 Å². The average Bonchev–Trinajstić information content (AvgIpc) is 3.47. The van der Waals surface area contributed by atoms with E-state index in [0.717, 1.165) is 33.7 Å². The van der Waals surface area contributed by atoms with Gasteiger partial charge in [0.15, 0.2) is 5.78 Å². The third-order valence-electron chi connectivity index (χ3n) is 6.71. The molecule has 0 unspecified atom stereocenters. The van der Waals surface area contributed by atoms with Crippen LogP contribution in [-0.2, 0) is 11.2 Å². The number of nitrogens with zero attached hydrogens (tertiary/aromatic N) is 2. The first-order valence-electron chi connectivity index (χ1n) is 13.2. The Labute approximate surface area is 237 Å². The molecule has 1 N–H and O–H groups in total. The molecule has 1 aliphatic rings. The summed E-state index contributed by atoms with van der Waals surface area (Å²) in [7, 11) is 0. The molecule has 202 valence electrons. The predicted octanol–water partition coefficient (Wildman–Crippen LogP) is 7.11. The SMILES string of the molecule is Cc1ccc(CC(=O)Nc2ccc(/C=C/C3=CCC(c4ccc([N+](=O)[O-])cc4)=N3)cc2C(=O)c2ccccc2)cc1. The van der Waals surface area contributed by atoms with Gasteiger partial charge < -0.3 is 5.32 Å². The lowest BCUT2D eigenvalue weighted by molar-refractivity contribution is -0.384. The third-order valence-corrected chi connectivity index (χ3v) is 6.71. The highest BCUT2D eigenvalue weighted by atomic mass is 16.6. The Morgan fingerprint density at radius 2 is 1.66 bits per heavy atom. The smallest absolute Gasteiger partial charge is 0.269 e. The maximum Gasteiger partial charge on any atom is 0.269 e. The number of allylic oxidation sites excluding steroid dienone is 2. The minimum absolute atomic E-state index is 0.0380. The van der Waals surface area contributed by atoms with Gasteiger partial charge in [0.1, 0.15) is 0 Å². The minimum Gasteiger partial charge on any atom is -0.325 e. The van der Waals surface area contributed by atoms with Crippen molar-refractivity contribution in [2.45, 2.75) is 19.8 Å². The summed E-state index contributed by atoms with van der Waals surface area (Å²) in [6, 6.07) is 28.4. The van der Waals surface area contributed by atoms with E-state index in [4.69, 9.17) is 0 Å². The fourth-order valence-corrected chi connectivity index (χ4v) is 4.49. The van der Waals surface area contributed by atoms with Crippen molar-refractivity contribution in [3.8, 4) is 0 Å². The predicted molar refractivity (Wildman–Crippen MR) is 161 cm³/mol. The van der Waals surface area contributed by atoms with Crippen molar-refractivity contribution in [2.24, 2.45) is 4.99 Å². The first kappa shape index (κ1) is 27.1. The maximum absolute atomic E-state index is 13.5. The summed E-state index contributed by atoms with van der Waals surface area (Å²) in [4.78, 5) is 41.5. The lowest BCUT2D eigenvalue weighted by Gasteiger charge is -2.12. The molecule has 4 aromatic rings. The molecule has 0 atom stereocenters. The molecule has 7 nitrogen and oxygen atoms in total. The van der Waals surface area contributed by atoms with E-state index in [1.165, 1.54) is 12.1 Å². The number of benzene rings is 4. The molecule has 0 radical (unpaired) electrons. The summed E-state index contributed by atoms with van der Waals surface area (Å²) < 4.78 is 0. The number of amides is 1. The second-order valence-electron chi connectivity index (χ2n) is 9.74. The number of non-ortho nitro benzene ring substituents is 1. The summed E-state index contributed by atoms with van der Waals surface area (Å²) >= 11 is 0. The fourth-order valence-electron chi connectivity index (χ4n) is 4.49. The summed E-state index contributed by atoms with van der Waals surface area (Å²) in [5.41, 5.74) is 6.61. The number of carbonyl (C=O) groups excluding carboxylic acids is 2. The Hall–Kier alpha value is -5.43. The van der Waals surface area contributed by atoms with E-state index in [0.29, 0.717) is 23.2 Å². The molecule has 1 amide bonds. The normalized spacial score (nSPS) is 12.6. The average molecular weight is 542 g/mol. The number of ketones is 1. The standard InChI is InChI=1S/C34H27N3O4/c1-23-7-9-25(10-8-23)22-33(38)36-32-19-12-24(21-30(32)34(39)27-5-3-2-4-6-27)11-15-28-16-20-31(35-28)26-13-17-29(18-14-26)37(40)41/h2-19,21H,20,22H2,1H3,(H,36,38)/b15-11+. The number of carbonyl (C=O) groups is 2. The molecule has 1 aliphatic heterocycles. The molecule has 41 heavy (non-hydrogen) atoms. The Morgan fingerprint density at radius 1 is 0.927 bits per heavy atom. The van der Waals surface area contributed by atoms with Gasteiger partial charge in [-0.05, 0) is 54.0 Å². The third kappa shape index (κ3) is 6.78. The first-order chi connectivity index (χ1) is 19.9. The van der Waals surface area contributed by atoms with Crippen LogP contribution < -0.4 is 5.32 Å². The minimum atomic E-state index is -0.426. The second-order valence-corrected chi connectivity index (χ2v) is 9.74. The van der Waals surface area contributed by atoms with Crippen molar-refractivity contribution in [1.29, 1.82) is 0 Å². The van der Waals surface area contributed by atoms with E-state index < -0.39 is 4.92 Å². The molecule has 5 rings (SSSR count). The zero-order valence-corrected chi connectivity index (χ0v) is 22.4. The van der Waals surface area contributed by atoms with Crippen molar-refractivity contribution in [3.05, 3.63) is 158 Å². The fraction of sp³-hybridized carbons (Fsp3) is 0.0882. The molecular formula is C34H27N3O4. The Morgan fingerprint density at radius 3 is 2.37 bits per heavy atom. The van der Waals surface area contributed by atoms with Crippen molar-refractivity contribution in [3.63, 3.8) is 0 Å². The van der Waals surface area contributed by atoms with Gasteiger partial charge in [-0.3, -0.25) is 24.7 Å². The number of nitrogens with one attached hydrogen (secondary N) is 1. The van der Waals surface area contributed by atoms with Gasteiger partial charge in [0, 0.05) is 29.7 Å². The number of nitro benzene ring substituents is 1. The highest BCUT2D eigenvalue weighted by Gasteiger charge is 2.17. The maximum atomic E-state index is 13.5. The van der Waals surface area contributed by atoms with Crippen LogP contribution in [0.2, 0.25) is 0 Å². The molecule has 0 fully saturated rings. The Balaban J connectivity index is 1.36. The van der Waals surface area contributed by atoms with Crippen LogP contribution >= 0.6 is 0 Å². The van der Waals surface area contributed by atoms with Crippen LogP contribution in [0.4, 0.5) is 11.4 Å². The van der Waals surface area contributed by atoms with E-state index in [1.807, 2.05) is 61.5 Å². The largest absolute Gasteiger partial charge is 0.325 e. The molecule has 1 heterocycles. The molecule has 4 aromatic carbocycles. The lowest BCUT2D eigenvalue weighted by Crippen LogP contribution is -2.17. The van der Waals surface area contributed by atoms with Gasteiger partial charge in [0.2, 0.25) is 5.91 Å². The van der Waals surface area contributed by atoms with Gasteiger partial charge in [-0.1, -0.05) is 78.4 Å². The van der Waals surface area contributed by atoms with Crippen molar-refractivity contribution in [2.75, 3.05) is 5.32 Å². The molecule has 0 spiro atoms. The van der Waals surface area contributed by atoms with Gasteiger partial charge in [0.05, 0.1) is 28.4 Å². The second kappa shape index (κ2) is 12.2. The van der Waals surface area contributed by atoms with E-state index in [2.05, 4.69) is 10.3 Å². The van der Waals surface area contributed by atoms with Crippen LogP contribution in [0, 0.1) is 17.0 Å². The van der Waals surface area contributed by atoms with Crippen LogP contribution in [0.3, 0.4) is 0 Å².